The second kappa shape index (κ2) is 8.93. The minimum absolute atomic E-state index is 0.0195. The summed E-state index contributed by atoms with van der Waals surface area (Å²) in [5, 5.41) is 2.91. The number of hydrogen-bond acceptors (Lipinski definition) is 3. The maximum Gasteiger partial charge on any atom is 0.279 e. The van der Waals surface area contributed by atoms with Crippen molar-refractivity contribution in [3.63, 3.8) is 0 Å². The Hall–Kier alpha value is -2.53. The number of quaternary nitrogens is 1. The maximum absolute atomic E-state index is 12.0. The van der Waals surface area contributed by atoms with Crippen molar-refractivity contribution >= 4 is 11.6 Å². The van der Waals surface area contributed by atoms with Crippen molar-refractivity contribution in [3.05, 3.63) is 54.1 Å². The zero-order chi connectivity index (χ0) is 17.4. The lowest BCUT2D eigenvalue weighted by Crippen LogP contribution is -3.10. The number of ether oxygens (including phenoxy) is 2. The molecular weight excluding hydrogens is 304 g/mol. The third kappa shape index (κ3) is 5.28. The lowest BCUT2D eigenvalue weighted by Gasteiger charge is -2.15. The number of anilines is 1. The van der Waals surface area contributed by atoms with Crippen molar-refractivity contribution in [3.8, 4) is 11.5 Å². The normalized spacial score (nSPS) is 11.6. The third-order valence-electron chi connectivity index (χ3n) is 3.81. The molecule has 0 fully saturated rings. The molecule has 1 atom stereocenters. The average Bonchev–Trinajstić information content (AvgIpc) is 2.60. The molecule has 0 aliphatic heterocycles. The van der Waals surface area contributed by atoms with Crippen molar-refractivity contribution in [1.82, 2.24) is 0 Å². The van der Waals surface area contributed by atoms with E-state index in [0.717, 1.165) is 40.6 Å². The number of benzene rings is 2. The van der Waals surface area contributed by atoms with Gasteiger partial charge in [-0.2, -0.15) is 0 Å². The molecular formula is C19H25N2O3+. The quantitative estimate of drug-likeness (QED) is 0.770. The molecule has 0 radical (unpaired) electrons. The van der Waals surface area contributed by atoms with Gasteiger partial charge in [-0.1, -0.05) is 24.3 Å². The van der Waals surface area contributed by atoms with E-state index in [2.05, 4.69) is 5.32 Å². The van der Waals surface area contributed by atoms with E-state index in [1.165, 1.54) is 0 Å². The van der Waals surface area contributed by atoms with Gasteiger partial charge in [0, 0.05) is 12.1 Å². The number of nitrogens with one attached hydrogen (secondary N) is 2. The number of carbonyl (C=O) groups is 1. The van der Waals surface area contributed by atoms with Gasteiger partial charge < -0.3 is 19.7 Å². The Morgan fingerprint density at radius 2 is 1.75 bits per heavy atom. The lowest BCUT2D eigenvalue weighted by atomic mass is 10.1. The molecule has 0 saturated carbocycles. The molecule has 5 nitrogen and oxygen atoms in total. The van der Waals surface area contributed by atoms with E-state index in [0.29, 0.717) is 6.54 Å². The number of likely N-dealkylation sites (N-methyl/N-ethyl adjacent to an activating group) is 1. The van der Waals surface area contributed by atoms with E-state index >= 15 is 0 Å². The first kappa shape index (κ1) is 17.8. The Balaban J connectivity index is 1.82. The van der Waals surface area contributed by atoms with Crippen LogP contribution >= 0.6 is 0 Å². The molecule has 0 bridgehead atoms. The van der Waals surface area contributed by atoms with Crippen LogP contribution in [0.15, 0.2) is 48.5 Å². The first-order chi connectivity index (χ1) is 11.6. The summed E-state index contributed by atoms with van der Waals surface area (Å²) in [7, 11) is 5.28. The molecule has 0 saturated heterocycles. The summed E-state index contributed by atoms with van der Waals surface area (Å²) in [4.78, 5) is 13.2. The van der Waals surface area contributed by atoms with Crippen molar-refractivity contribution < 1.29 is 19.2 Å². The summed E-state index contributed by atoms with van der Waals surface area (Å²) in [6, 6.07) is 15.4. The number of rotatable bonds is 8. The first-order valence-electron chi connectivity index (χ1n) is 7.99. The van der Waals surface area contributed by atoms with Crippen molar-refractivity contribution in [2.45, 2.75) is 6.42 Å². The highest BCUT2D eigenvalue weighted by Crippen LogP contribution is 2.27. The zero-order valence-electron chi connectivity index (χ0n) is 14.5. The number of methoxy groups -OCH3 is 2. The second-order valence-corrected chi connectivity index (χ2v) is 5.74. The summed E-state index contributed by atoms with van der Waals surface area (Å²) < 4.78 is 10.6. The highest BCUT2D eigenvalue weighted by molar-refractivity contribution is 5.91. The fraction of sp³-hybridized carbons (Fsp3) is 0.316. The zero-order valence-corrected chi connectivity index (χ0v) is 14.5. The van der Waals surface area contributed by atoms with E-state index in [9.17, 15) is 4.79 Å². The molecule has 2 rings (SSSR count). The van der Waals surface area contributed by atoms with Crippen LogP contribution in [0.5, 0.6) is 11.5 Å². The smallest absolute Gasteiger partial charge is 0.279 e. The first-order valence-corrected chi connectivity index (χ1v) is 7.99. The summed E-state index contributed by atoms with van der Waals surface area (Å²) in [5.74, 6) is 1.48. The van der Waals surface area contributed by atoms with E-state index in [1.54, 1.807) is 14.2 Å². The summed E-state index contributed by atoms with van der Waals surface area (Å²) in [6.07, 6.45) is 0.866. The average molecular weight is 329 g/mol. The monoisotopic (exact) mass is 329 g/mol. The van der Waals surface area contributed by atoms with Gasteiger partial charge >= 0.3 is 0 Å². The van der Waals surface area contributed by atoms with Crippen LogP contribution in [-0.2, 0) is 11.2 Å². The molecule has 0 aliphatic rings. The molecule has 5 heteroatoms. The molecule has 0 aromatic heterocycles. The van der Waals surface area contributed by atoms with E-state index in [-0.39, 0.29) is 5.91 Å². The Bertz CT molecular complexity index is 659. The van der Waals surface area contributed by atoms with Crippen molar-refractivity contribution in [2.75, 3.05) is 39.7 Å². The largest absolute Gasteiger partial charge is 0.493 e. The van der Waals surface area contributed by atoms with Crippen LogP contribution in [0.1, 0.15) is 5.56 Å². The summed E-state index contributed by atoms with van der Waals surface area (Å²) >= 11 is 0. The van der Waals surface area contributed by atoms with Crippen molar-refractivity contribution in [1.29, 1.82) is 0 Å². The van der Waals surface area contributed by atoms with Gasteiger partial charge in [-0.3, -0.25) is 4.79 Å². The molecule has 0 heterocycles. The Morgan fingerprint density at radius 3 is 2.42 bits per heavy atom. The molecule has 0 spiro atoms. The summed E-state index contributed by atoms with van der Waals surface area (Å²) in [5.41, 5.74) is 1.99. The fourth-order valence-corrected chi connectivity index (χ4v) is 2.48. The Labute approximate surface area is 143 Å². The van der Waals surface area contributed by atoms with E-state index in [4.69, 9.17) is 9.47 Å². The van der Waals surface area contributed by atoms with E-state index < -0.39 is 0 Å². The SMILES string of the molecule is COc1ccc(CC[NH+](C)CC(=O)Nc2ccccc2)cc1OC. The van der Waals surface area contributed by atoms with Gasteiger partial charge in [-0.05, 0) is 29.8 Å². The van der Waals surface area contributed by atoms with Crippen LogP contribution in [0.3, 0.4) is 0 Å². The molecule has 128 valence electrons. The predicted octanol–water partition coefficient (Wildman–Crippen LogP) is 1.40. The molecule has 2 aromatic carbocycles. The molecule has 2 aromatic rings. The van der Waals surface area contributed by atoms with Gasteiger partial charge in [0.25, 0.3) is 5.91 Å². The van der Waals surface area contributed by atoms with Gasteiger partial charge in [0.05, 0.1) is 27.8 Å². The van der Waals surface area contributed by atoms with Crippen LogP contribution in [0, 0.1) is 0 Å². The number of carbonyl (C=O) groups excluding carboxylic acids is 1. The Morgan fingerprint density at radius 1 is 1.04 bits per heavy atom. The topological polar surface area (TPSA) is 52.0 Å². The number of hydrogen-bond donors (Lipinski definition) is 2. The predicted molar refractivity (Wildman–Crippen MR) is 94.9 cm³/mol. The molecule has 1 unspecified atom stereocenters. The number of amides is 1. The van der Waals surface area contributed by atoms with Crippen LogP contribution in [0.4, 0.5) is 5.69 Å². The van der Waals surface area contributed by atoms with Gasteiger partial charge in [0.15, 0.2) is 18.0 Å². The molecule has 2 N–H and O–H groups in total. The standard InChI is InChI=1S/C19H24N2O3/c1-21(14-19(22)20-16-7-5-4-6-8-16)12-11-15-9-10-17(23-2)18(13-15)24-3/h4-10,13H,11-12,14H2,1-3H3,(H,20,22)/p+1. The van der Waals surface area contributed by atoms with Gasteiger partial charge in [-0.25, -0.2) is 0 Å². The molecule has 24 heavy (non-hydrogen) atoms. The van der Waals surface area contributed by atoms with Gasteiger partial charge in [0.2, 0.25) is 0 Å². The number of para-hydroxylation sites is 1. The minimum Gasteiger partial charge on any atom is -0.493 e. The highest BCUT2D eigenvalue weighted by atomic mass is 16.5. The second-order valence-electron chi connectivity index (χ2n) is 5.74. The van der Waals surface area contributed by atoms with Crippen molar-refractivity contribution in [2.24, 2.45) is 0 Å². The van der Waals surface area contributed by atoms with Gasteiger partial charge in [0.1, 0.15) is 0 Å². The highest BCUT2D eigenvalue weighted by Gasteiger charge is 2.11. The molecule has 0 aliphatic carbocycles. The fourth-order valence-electron chi connectivity index (χ4n) is 2.48. The third-order valence-corrected chi connectivity index (χ3v) is 3.81. The Kier molecular flexibility index (Phi) is 6.63. The molecule has 1 amide bonds. The summed E-state index contributed by atoms with van der Waals surface area (Å²) in [6.45, 7) is 1.29. The van der Waals surface area contributed by atoms with Crippen LogP contribution < -0.4 is 19.7 Å². The van der Waals surface area contributed by atoms with Crippen LogP contribution in [-0.4, -0.2) is 40.3 Å². The van der Waals surface area contributed by atoms with Gasteiger partial charge in [-0.15, -0.1) is 0 Å². The minimum atomic E-state index is 0.0195. The van der Waals surface area contributed by atoms with E-state index in [1.807, 2.05) is 55.6 Å². The van der Waals surface area contributed by atoms with Crippen LogP contribution in [0.2, 0.25) is 0 Å². The lowest BCUT2D eigenvalue weighted by molar-refractivity contribution is -0.870. The maximum atomic E-state index is 12.0. The van der Waals surface area contributed by atoms with Crippen LogP contribution in [0.25, 0.3) is 0 Å².